The number of benzene rings is 1. The Balaban J connectivity index is 2.27. The zero-order chi connectivity index (χ0) is 12.1. The molecule has 0 saturated heterocycles. The standard InChI is InChI=1S/C13H15NO2S/c15-13-7-9-16-12-6-2-1-5-11(12)14(13)8-3-4-10-17/h1-6,17H,7-10H2/b4-3+. The lowest BCUT2D eigenvalue weighted by molar-refractivity contribution is -0.118. The molecular formula is C13H15NO2S. The van der Waals surface area contributed by atoms with Gasteiger partial charge in [-0.25, -0.2) is 0 Å². The van der Waals surface area contributed by atoms with Crippen LogP contribution in [0.2, 0.25) is 0 Å². The zero-order valence-electron chi connectivity index (χ0n) is 9.50. The minimum Gasteiger partial charge on any atom is -0.491 e. The van der Waals surface area contributed by atoms with E-state index in [0.29, 0.717) is 25.3 Å². The lowest BCUT2D eigenvalue weighted by Crippen LogP contribution is -2.30. The molecule has 1 aliphatic heterocycles. The number of carbonyl (C=O) groups is 1. The molecule has 1 aliphatic rings. The average molecular weight is 249 g/mol. The maximum Gasteiger partial charge on any atom is 0.230 e. The number of hydrogen-bond donors (Lipinski definition) is 1. The summed E-state index contributed by atoms with van der Waals surface area (Å²) in [5.41, 5.74) is 0.846. The van der Waals surface area contributed by atoms with Gasteiger partial charge in [-0.2, -0.15) is 12.6 Å². The van der Waals surface area contributed by atoms with Crippen LogP contribution in [-0.2, 0) is 4.79 Å². The Labute approximate surface area is 106 Å². The second-order valence-electron chi connectivity index (χ2n) is 3.72. The third-order valence-corrected chi connectivity index (χ3v) is 2.80. The first-order chi connectivity index (χ1) is 8.33. The van der Waals surface area contributed by atoms with Gasteiger partial charge in [-0.3, -0.25) is 4.79 Å². The Hall–Kier alpha value is -1.42. The third-order valence-electron chi connectivity index (χ3n) is 2.59. The van der Waals surface area contributed by atoms with Gasteiger partial charge in [0.15, 0.2) is 0 Å². The molecule has 0 saturated carbocycles. The van der Waals surface area contributed by atoms with Gasteiger partial charge in [0.1, 0.15) is 5.75 Å². The van der Waals surface area contributed by atoms with Crippen molar-refractivity contribution in [1.29, 1.82) is 0 Å². The van der Waals surface area contributed by atoms with Crippen molar-refractivity contribution >= 4 is 24.2 Å². The van der Waals surface area contributed by atoms with Crippen LogP contribution in [0.1, 0.15) is 6.42 Å². The number of hydrogen-bond acceptors (Lipinski definition) is 3. The number of amides is 1. The molecule has 0 aliphatic carbocycles. The summed E-state index contributed by atoms with van der Waals surface area (Å²) in [7, 11) is 0. The van der Waals surface area contributed by atoms with Crippen molar-refractivity contribution in [3.8, 4) is 5.75 Å². The van der Waals surface area contributed by atoms with E-state index in [1.165, 1.54) is 0 Å². The van der Waals surface area contributed by atoms with Gasteiger partial charge in [-0.05, 0) is 12.1 Å². The van der Waals surface area contributed by atoms with E-state index in [1.807, 2.05) is 36.4 Å². The summed E-state index contributed by atoms with van der Waals surface area (Å²) in [6.07, 6.45) is 4.31. The normalized spacial score (nSPS) is 15.6. The molecule has 90 valence electrons. The van der Waals surface area contributed by atoms with Crippen molar-refractivity contribution < 1.29 is 9.53 Å². The third kappa shape index (κ3) is 2.82. The Kier molecular flexibility index (Phi) is 4.09. The number of nitrogens with zero attached hydrogens (tertiary/aromatic N) is 1. The Morgan fingerprint density at radius 1 is 1.35 bits per heavy atom. The van der Waals surface area contributed by atoms with E-state index in [-0.39, 0.29) is 5.91 Å². The number of thiol groups is 1. The number of ether oxygens (including phenoxy) is 1. The molecular weight excluding hydrogens is 234 g/mol. The molecule has 3 nitrogen and oxygen atoms in total. The van der Waals surface area contributed by atoms with Gasteiger partial charge in [-0.15, -0.1) is 0 Å². The Morgan fingerprint density at radius 2 is 2.18 bits per heavy atom. The van der Waals surface area contributed by atoms with E-state index >= 15 is 0 Å². The number of carbonyl (C=O) groups excluding carboxylic acids is 1. The first-order valence-corrected chi connectivity index (χ1v) is 6.24. The summed E-state index contributed by atoms with van der Waals surface area (Å²) in [5.74, 6) is 1.55. The molecule has 4 heteroatoms. The van der Waals surface area contributed by atoms with Crippen LogP contribution < -0.4 is 9.64 Å². The van der Waals surface area contributed by atoms with E-state index < -0.39 is 0 Å². The lowest BCUT2D eigenvalue weighted by atomic mass is 10.2. The molecule has 1 heterocycles. The van der Waals surface area contributed by atoms with E-state index in [1.54, 1.807) is 4.90 Å². The molecule has 0 unspecified atom stereocenters. The number of fused-ring (bicyclic) bond motifs is 1. The van der Waals surface area contributed by atoms with Gasteiger partial charge in [-0.1, -0.05) is 24.3 Å². The van der Waals surface area contributed by atoms with Gasteiger partial charge in [0.05, 0.1) is 18.7 Å². The number of rotatable bonds is 3. The number of anilines is 1. The van der Waals surface area contributed by atoms with E-state index in [0.717, 1.165) is 11.4 Å². The number of para-hydroxylation sites is 2. The van der Waals surface area contributed by atoms with Crippen molar-refractivity contribution in [3.63, 3.8) is 0 Å². The van der Waals surface area contributed by atoms with Crippen molar-refractivity contribution in [3.05, 3.63) is 36.4 Å². The highest BCUT2D eigenvalue weighted by molar-refractivity contribution is 7.80. The molecule has 0 bridgehead atoms. The average Bonchev–Trinajstić information content (AvgIpc) is 2.50. The second-order valence-corrected chi connectivity index (χ2v) is 4.09. The molecule has 0 atom stereocenters. The lowest BCUT2D eigenvalue weighted by Gasteiger charge is -2.20. The van der Waals surface area contributed by atoms with Gasteiger partial charge in [0.25, 0.3) is 0 Å². The molecule has 17 heavy (non-hydrogen) atoms. The second kappa shape index (κ2) is 5.77. The van der Waals surface area contributed by atoms with E-state index in [4.69, 9.17) is 4.74 Å². The van der Waals surface area contributed by atoms with E-state index in [9.17, 15) is 4.79 Å². The summed E-state index contributed by atoms with van der Waals surface area (Å²) in [5, 5.41) is 0. The van der Waals surface area contributed by atoms with Gasteiger partial charge < -0.3 is 9.64 Å². The largest absolute Gasteiger partial charge is 0.491 e. The zero-order valence-corrected chi connectivity index (χ0v) is 10.4. The molecule has 0 N–H and O–H groups in total. The van der Waals surface area contributed by atoms with E-state index in [2.05, 4.69) is 12.6 Å². The summed E-state index contributed by atoms with van der Waals surface area (Å²) in [6.45, 7) is 1.02. The minimum atomic E-state index is 0.0961. The highest BCUT2D eigenvalue weighted by atomic mass is 32.1. The highest BCUT2D eigenvalue weighted by Gasteiger charge is 2.21. The molecule has 1 aromatic carbocycles. The molecule has 0 spiro atoms. The van der Waals surface area contributed by atoms with Crippen LogP contribution in [0.25, 0.3) is 0 Å². The van der Waals surface area contributed by atoms with Crippen LogP contribution in [0.15, 0.2) is 36.4 Å². The summed E-state index contributed by atoms with van der Waals surface area (Å²) < 4.78 is 5.55. The maximum absolute atomic E-state index is 12.0. The fourth-order valence-corrected chi connectivity index (χ4v) is 1.92. The minimum absolute atomic E-state index is 0.0961. The van der Waals surface area contributed by atoms with Crippen molar-refractivity contribution in [1.82, 2.24) is 0 Å². The van der Waals surface area contributed by atoms with Crippen LogP contribution in [0.4, 0.5) is 5.69 Å². The van der Waals surface area contributed by atoms with Gasteiger partial charge >= 0.3 is 0 Å². The fourth-order valence-electron chi connectivity index (χ4n) is 1.77. The maximum atomic E-state index is 12.0. The monoisotopic (exact) mass is 249 g/mol. The summed E-state index contributed by atoms with van der Waals surface area (Å²) in [6, 6.07) is 7.63. The van der Waals surface area contributed by atoms with Crippen LogP contribution >= 0.6 is 12.6 Å². The predicted octanol–water partition coefficient (Wildman–Crippen LogP) is 2.29. The predicted molar refractivity (Wildman–Crippen MR) is 71.9 cm³/mol. The van der Waals surface area contributed by atoms with Crippen molar-refractivity contribution in [2.45, 2.75) is 6.42 Å². The molecule has 0 radical (unpaired) electrons. The quantitative estimate of drug-likeness (QED) is 0.658. The highest BCUT2D eigenvalue weighted by Crippen LogP contribution is 2.30. The first-order valence-electron chi connectivity index (χ1n) is 5.61. The van der Waals surface area contributed by atoms with Crippen molar-refractivity contribution in [2.75, 3.05) is 23.8 Å². The molecule has 0 fully saturated rings. The van der Waals surface area contributed by atoms with Gasteiger partial charge in [0.2, 0.25) is 5.91 Å². The molecule has 2 rings (SSSR count). The topological polar surface area (TPSA) is 29.5 Å². The van der Waals surface area contributed by atoms with Crippen LogP contribution in [0.5, 0.6) is 5.75 Å². The smallest absolute Gasteiger partial charge is 0.230 e. The van der Waals surface area contributed by atoms with Crippen LogP contribution in [-0.4, -0.2) is 24.8 Å². The molecule has 1 aromatic rings. The SMILES string of the molecule is O=C1CCOc2ccccc2N1C/C=C/CS. The molecule has 0 aromatic heterocycles. The van der Waals surface area contributed by atoms with Crippen LogP contribution in [0, 0.1) is 0 Å². The fraction of sp³-hybridized carbons (Fsp3) is 0.308. The Bertz CT molecular complexity index is 431. The first kappa shape index (κ1) is 12.0. The van der Waals surface area contributed by atoms with Crippen LogP contribution in [0.3, 0.4) is 0 Å². The van der Waals surface area contributed by atoms with Crippen molar-refractivity contribution in [2.24, 2.45) is 0 Å². The van der Waals surface area contributed by atoms with Gasteiger partial charge in [0, 0.05) is 12.3 Å². The molecule has 1 amide bonds. The Morgan fingerprint density at radius 3 is 3.00 bits per heavy atom. The summed E-state index contributed by atoms with van der Waals surface area (Å²) >= 11 is 4.10. The summed E-state index contributed by atoms with van der Waals surface area (Å²) in [4.78, 5) is 13.7.